The Morgan fingerprint density at radius 1 is 0.500 bits per heavy atom. The van der Waals surface area contributed by atoms with Gasteiger partial charge in [0.1, 0.15) is 17.5 Å². The molecule has 0 aliphatic rings. The smallest absolute Gasteiger partial charge is 0.169 e. The maximum absolute atomic E-state index is 13.6. The molecule has 0 aliphatic heterocycles. The first kappa shape index (κ1) is 14.7. The van der Waals surface area contributed by atoms with Crippen molar-refractivity contribution in [2.45, 2.75) is 14.7 Å². The van der Waals surface area contributed by atoms with E-state index in [1.54, 1.807) is 36.4 Å². The highest BCUT2D eigenvalue weighted by Crippen LogP contribution is 2.32. The van der Waals surface area contributed by atoms with Crippen molar-refractivity contribution in [3.8, 4) is 0 Å². The van der Waals surface area contributed by atoms with Crippen LogP contribution in [0.2, 0.25) is 0 Å². The maximum Gasteiger partial charge on any atom is 0.169 e. The largest absolute Gasteiger partial charge is 0.207 e. The van der Waals surface area contributed by atoms with Gasteiger partial charge >= 0.3 is 0 Å². The first-order valence-electron chi connectivity index (χ1n) is 6.64. The van der Waals surface area contributed by atoms with E-state index in [1.807, 2.05) is 0 Å². The summed E-state index contributed by atoms with van der Waals surface area (Å²) >= 11 is 0. The van der Waals surface area contributed by atoms with E-state index in [4.69, 9.17) is 0 Å². The number of benzene rings is 3. The molecule has 0 N–H and O–H groups in total. The van der Waals surface area contributed by atoms with Crippen molar-refractivity contribution >= 4 is 10.9 Å². The molecule has 3 aromatic rings. The third-order valence-electron chi connectivity index (χ3n) is 3.10. The van der Waals surface area contributed by atoms with Gasteiger partial charge in [0.15, 0.2) is 14.7 Å². The highest BCUT2D eigenvalue weighted by atomic mass is 32.2. The van der Waals surface area contributed by atoms with E-state index < -0.39 is 10.9 Å². The van der Waals surface area contributed by atoms with Crippen LogP contribution in [0.4, 0.5) is 13.2 Å². The van der Waals surface area contributed by atoms with Crippen LogP contribution >= 0.6 is 0 Å². The molecule has 110 valence electrons. The van der Waals surface area contributed by atoms with Gasteiger partial charge in [-0.05, 0) is 36.4 Å². The fourth-order valence-electron chi connectivity index (χ4n) is 2.19. The van der Waals surface area contributed by atoms with Gasteiger partial charge in [0.2, 0.25) is 0 Å². The van der Waals surface area contributed by atoms with Crippen LogP contribution in [0.1, 0.15) is 0 Å². The summed E-state index contributed by atoms with van der Waals surface area (Å²) in [6.45, 7) is 0. The Kier molecular flexibility index (Phi) is 4.20. The van der Waals surface area contributed by atoms with Crippen LogP contribution < -0.4 is 0 Å². The van der Waals surface area contributed by atoms with Gasteiger partial charge in [-0.25, -0.2) is 13.2 Å². The lowest BCUT2D eigenvalue weighted by Crippen LogP contribution is -2.06. The lowest BCUT2D eigenvalue weighted by Gasteiger charge is -2.08. The van der Waals surface area contributed by atoms with Crippen molar-refractivity contribution in [1.82, 2.24) is 0 Å². The van der Waals surface area contributed by atoms with Crippen molar-refractivity contribution in [2.24, 2.45) is 0 Å². The molecule has 0 spiro atoms. The van der Waals surface area contributed by atoms with Gasteiger partial charge in [-0.3, -0.25) is 0 Å². The van der Waals surface area contributed by atoms with Crippen LogP contribution in [0, 0.1) is 17.5 Å². The molecule has 0 saturated heterocycles. The highest BCUT2D eigenvalue weighted by Gasteiger charge is 2.29. The summed E-state index contributed by atoms with van der Waals surface area (Å²) in [5.74, 6) is -1.12. The molecule has 0 aromatic heterocycles. The average Bonchev–Trinajstić information content (AvgIpc) is 2.48. The molecular formula is C18H12F3S+. The Morgan fingerprint density at radius 3 is 1.09 bits per heavy atom. The van der Waals surface area contributed by atoms with Gasteiger partial charge in [0.05, 0.1) is 10.9 Å². The summed E-state index contributed by atoms with van der Waals surface area (Å²) in [5.41, 5.74) is 0. The van der Waals surface area contributed by atoms with E-state index in [-0.39, 0.29) is 17.5 Å². The first-order chi connectivity index (χ1) is 10.6. The summed E-state index contributed by atoms with van der Waals surface area (Å²) < 4.78 is 40.7. The number of hydrogen-bond acceptors (Lipinski definition) is 0. The Bertz CT molecular complexity index is 693. The fraction of sp³-hybridized carbons (Fsp3) is 0. The van der Waals surface area contributed by atoms with Gasteiger partial charge in [0.25, 0.3) is 0 Å². The van der Waals surface area contributed by atoms with Gasteiger partial charge in [-0.2, -0.15) is 0 Å². The second-order valence-corrected chi connectivity index (χ2v) is 6.70. The van der Waals surface area contributed by atoms with Crippen LogP contribution in [0.25, 0.3) is 0 Å². The second-order valence-electron chi connectivity index (χ2n) is 4.68. The lowest BCUT2D eigenvalue weighted by molar-refractivity contribution is 0.622. The van der Waals surface area contributed by atoms with Gasteiger partial charge in [-0.1, -0.05) is 18.2 Å². The standard InChI is InChI=1S/C18H12F3S/c19-13-4-1-7-16(10-13)22(17-8-2-5-14(20)11-17)18-9-3-6-15(21)12-18/h1-12H/q+1. The Balaban J connectivity index is 2.18. The SMILES string of the molecule is Fc1cccc([S+](c2cccc(F)c2)c2cccc(F)c2)c1. The van der Waals surface area contributed by atoms with Crippen molar-refractivity contribution in [3.05, 3.63) is 90.2 Å². The molecule has 0 fully saturated rings. The van der Waals surface area contributed by atoms with Gasteiger partial charge in [-0.15, -0.1) is 0 Å². The quantitative estimate of drug-likeness (QED) is 0.583. The molecule has 0 radical (unpaired) electrons. The van der Waals surface area contributed by atoms with E-state index in [0.717, 1.165) is 0 Å². The normalized spacial score (nSPS) is 10.9. The lowest BCUT2D eigenvalue weighted by atomic mass is 10.3. The minimum Gasteiger partial charge on any atom is -0.207 e. The van der Waals surface area contributed by atoms with Crippen molar-refractivity contribution in [3.63, 3.8) is 0 Å². The fourth-order valence-corrected chi connectivity index (χ4v) is 4.34. The molecule has 4 heteroatoms. The molecule has 0 atom stereocenters. The third-order valence-corrected chi connectivity index (χ3v) is 5.27. The Labute approximate surface area is 129 Å². The Morgan fingerprint density at radius 2 is 0.818 bits per heavy atom. The molecule has 0 heterocycles. The summed E-state index contributed by atoms with van der Waals surface area (Å²) in [4.78, 5) is 2.03. The van der Waals surface area contributed by atoms with E-state index in [2.05, 4.69) is 0 Å². The molecule has 3 aromatic carbocycles. The number of rotatable bonds is 3. The van der Waals surface area contributed by atoms with Crippen LogP contribution in [0.3, 0.4) is 0 Å². The monoisotopic (exact) mass is 317 g/mol. The molecule has 22 heavy (non-hydrogen) atoms. The van der Waals surface area contributed by atoms with Crippen molar-refractivity contribution in [1.29, 1.82) is 0 Å². The molecule has 0 amide bonds. The summed E-state index contributed by atoms with van der Waals surface area (Å²) in [5, 5.41) is 0. The molecule has 0 bridgehead atoms. The maximum atomic E-state index is 13.6. The number of hydrogen-bond donors (Lipinski definition) is 0. The summed E-state index contributed by atoms with van der Waals surface area (Å²) in [7, 11) is -0.765. The average molecular weight is 317 g/mol. The molecule has 3 rings (SSSR count). The van der Waals surface area contributed by atoms with Gasteiger partial charge in [0, 0.05) is 18.2 Å². The minimum atomic E-state index is -0.765. The predicted octanol–water partition coefficient (Wildman–Crippen LogP) is 5.20. The predicted molar refractivity (Wildman–Crippen MR) is 81.4 cm³/mol. The zero-order valence-electron chi connectivity index (χ0n) is 11.5. The zero-order valence-corrected chi connectivity index (χ0v) is 12.3. The topological polar surface area (TPSA) is 0 Å². The highest BCUT2D eigenvalue weighted by molar-refractivity contribution is 7.97. The summed E-state index contributed by atoms with van der Waals surface area (Å²) in [6.07, 6.45) is 0. The van der Waals surface area contributed by atoms with Crippen molar-refractivity contribution < 1.29 is 13.2 Å². The third kappa shape index (κ3) is 3.17. The van der Waals surface area contributed by atoms with Crippen LogP contribution in [0.5, 0.6) is 0 Å². The molecule has 0 aliphatic carbocycles. The molecule has 0 saturated carbocycles. The van der Waals surface area contributed by atoms with E-state index >= 15 is 0 Å². The van der Waals surface area contributed by atoms with E-state index in [0.29, 0.717) is 14.7 Å². The van der Waals surface area contributed by atoms with E-state index in [1.165, 1.54) is 36.4 Å². The first-order valence-corrected chi connectivity index (χ1v) is 7.87. The van der Waals surface area contributed by atoms with Gasteiger partial charge < -0.3 is 0 Å². The molecular weight excluding hydrogens is 305 g/mol. The van der Waals surface area contributed by atoms with Crippen LogP contribution in [-0.2, 0) is 10.9 Å². The summed E-state index contributed by atoms with van der Waals surface area (Å²) in [6, 6.07) is 18.4. The zero-order chi connectivity index (χ0) is 15.5. The van der Waals surface area contributed by atoms with E-state index in [9.17, 15) is 13.2 Å². The second kappa shape index (κ2) is 6.28. The Hall–Kier alpha value is -2.20. The van der Waals surface area contributed by atoms with Crippen LogP contribution in [0.15, 0.2) is 87.5 Å². The molecule has 0 nitrogen and oxygen atoms in total. The molecule has 0 unspecified atom stereocenters. The van der Waals surface area contributed by atoms with Crippen molar-refractivity contribution in [2.75, 3.05) is 0 Å². The minimum absolute atomic E-state index is 0.372. The number of halogens is 3. The van der Waals surface area contributed by atoms with Crippen LogP contribution in [-0.4, -0.2) is 0 Å².